The molecule has 1 atom stereocenters. The molecule has 0 radical (unpaired) electrons. The SMILES string of the molecule is CS(=O)(=O)N1C[C@H](C(=O)NCCOc2ccc3ccccc3c2)Oc2ccc(Cl)cc21. The van der Waals surface area contributed by atoms with Crippen LogP contribution in [0, 0.1) is 0 Å². The lowest BCUT2D eigenvalue weighted by Gasteiger charge is -2.34. The van der Waals surface area contributed by atoms with Crippen molar-refractivity contribution in [3.8, 4) is 11.5 Å². The summed E-state index contributed by atoms with van der Waals surface area (Å²) in [5.41, 5.74) is 0.318. The Morgan fingerprint density at radius 1 is 1.16 bits per heavy atom. The number of nitrogens with zero attached hydrogens (tertiary/aromatic N) is 1. The van der Waals surface area contributed by atoms with Gasteiger partial charge in [0.1, 0.15) is 18.1 Å². The number of amides is 1. The molecule has 3 aromatic carbocycles. The van der Waals surface area contributed by atoms with Crippen molar-refractivity contribution in [2.24, 2.45) is 0 Å². The number of carbonyl (C=O) groups excluding carboxylic acids is 1. The first kappa shape index (κ1) is 21.3. The Labute approximate surface area is 185 Å². The Kier molecular flexibility index (Phi) is 5.93. The number of hydrogen-bond acceptors (Lipinski definition) is 5. The fourth-order valence-corrected chi connectivity index (χ4v) is 4.46. The fourth-order valence-electron chi connectivity index (χ4n) is 3.39. The van der Waals surface area contributed by atoms with E-state index in [1.807, 2.05) is 42.5 Å². The first-order valence-corrected chi connectivity index (χ1v) is 11.9. The Morgan fingerprint density at radius 2 is 1.94 bits per heavy atom. The highest BCUT2D eigenvalue weighted by molar-refractivity contribution is 7.92. The van der Waals surface area contributed by atoms with E-state index in [-0.39, 0.29) is 25.4 Å². The molecule has 1 heterocycles. The van der Waals surface area contributed by atoms with Crippen molar-refractivity contribution < 1.29 is 22.7 Å². The minimum Gasteiger partial charge on any atom is -0.492 e. The molecule has 0 unspecified atom stereocenters. The minimum absolute atomic E-state index is 0.135. The van der Waals surface area contributed by atoms with Gasteiger partial charge in [-0.2, -0.15) is 0 Å². The maximum absolute atomic E-state index is 12.6. The largest absolute Gasteiger partial charge is 0.492 e. The number of anilines is 1. The second-order valence-corrected chi connectivity index (χ2v) is 9.50. The zero-order valence-corrected chi connectivity index (χ0v) is 18.3. The molecule has 0 aromatic heterocycles. The topological polar surface area (TPSA) is 84.9 Å². The van der Waals surface area contributed by atoms with E-state index in [4.69, 9.17) is 21.1 Å². The second kappa shape index (κ2) is 8.64. The molecule has 0 aliphatic carbocycles. The van der Waals surface area contributed by atoms with Crippen LogP contribution in [0.5, 0.6) is 11.5 Å². The third kappa shape index (κ3) is 4.86. The number of ether oxygens (including phenoxy) is 2. The van der Waals surface area contributed by atoms with Crippen LogP contribution in [-0.2, 0) is 14.8 Å². The number of rotatable bonds is 6. The summed E-state index contributed by atoms with van der Waals surface area (Å²) in [6.45, 7) is 0.375. The fraction of sp³-hybridized carbons (Fsp3) is 0.227. The van der Waals surface area contributed by atoms with Crippen LogP contribution in [-0.4, -0.2) is 46.4 Å². The highest BCUT2D eigenvalue weighted by Gasteiger charge is 2.35. The van der Waals surface area contributed by atoms with Crippen LogP contribution < -0.4 is 19.1 Å². The molecule has 7 nitrogen and oxygen atoms in total. The zero-order valence-electron chi connectivity index (χ0n) is 16.7. The molecule has 0 spiro atoms. The number of halogens is 1. The van der Waals surface area contributed by atoms with Gasteiger partial charge < -0.3 is 14.8 Å². The van der Waals surface area contributed by atoms with Gasteiger partial charge in [0, 0.05) is 5.02 Å². The van der Waals surface area contributed by atoms with Gasteiger partial charge in [-0.3, -0.25) is 9.10 Å². The van der Waals surface area contributed by atoms with Crippen molar-refractivity contribution in [1.29, 1.82) is 0 Å². The Bertz CT molecular complexity index is 1230. The van der Waals surface area contributed by atoms with Crippen molar-refractivity contribution in [3.05, 3.63) is 65.7 Å². The quantitative estimate of drug-likeness (QED) is 0.571. The van der Waals surface area contributed by atoms with Crippen LogP contribution in [0.15, 0.2) is 60.7 Å². The van der Waals surface area contributed by atoms with Crippen LogP contribution in [0.1, 0.15) is 0 Å². The van der Waals surface area contributed by atoms with E-state index in [0.717, 1.165) is 21.3 Å². The lowest BCUT2D eigenvalue weighted by molar-refractivity contribution is -0.127. The third-order valence-electron chi connectivity index (χ3n) is 4.87. The summed E-state index contributed by atoms with van der Waals surface area (Å²) in [5.74, 6) is 0.570. The predicted molar refractivity (Wildman–Crippen MR) is 121 cm³/mol. The van der Waals surface area contributed by atoms with Gasteiger partial charge in [0.15, 0.2) is 6.10 Å². The minimum atomic E-state index is -3.61. The van der Waals surface area contributed by atoms with Crippen LogP contribution >= 0.6 is 11.6 Å². The summed E-state index contributed by atoms with van der Waals surface area (Å²) >= 11 is 5.99. The molecule has 0 fully saturated rings. The van der Waals surface area contributed by atoms with Crippen molar-refractivity contribution in [3.63, 3.8) is 0 Å². The van der Waals surface area contributed by atoms with Gasteiger partial charge in [-0.1, -0.05) is 41.9 Å². The van der Waals surface area contributed by atoms with Crippen molar-refractivity contribution in [2.75, 3.05) is 30.3 Å². The van der Waals surface area contributed by atoms with Crippen LogP contribution in [0.25, 0.3) is 10.8 Å². The second-order valence-electron chi connectivity index (χ2n) is 7.16. The van der Waals surface area contributed by atoms with Gasteiger partial charge in [-0.15, -0.1) is 0 Å². The molecule has 1 aliphatic heterocycles. The first-order valence-electron chi connectivity index (χ1n) is 9.64. The lowest BCUT2D eigenvalue weighted by Crippen LogP contribution is -2.51. The van der Waals surface area contributed by atoms with Gasteiger partial charge >= 0.3 is 0 Å². The number of hydrogen-bond donors (Lipinski definition) is 1. The first-order chi connectivity index (χ1) is 14.8. The van der Waals surface area contributed by atoms with Crippen molar-refractivity contribution >= 4 is 44.0 Å². The average molecular weight is 461 g/mol. The molecule has 162 valence electrons. The molecule has 9 heteroatoms. The number of benzene rings is 3. The molecule has 1 amide bonds. The summed E-state index contributed by atoms with van der Waals surface area (Å²) in [5, 5.41) is 5.31. The number of nitrogens with one attached hydrogen (secondary N) is 1. The Balaban J connectivity index is 1.36. The summed E-state index contributed by atoms with van der Waals surface area (Å²) in [7, 11) is -3.61. The summed E-state index contributed by atoms with van der Waals surface area (Å²) in [6.07, 6.45) is 0.0964. The highest BCUT2D eigenvalue weighted by Crippen LogP contribution is 2.37. The van der Waals surface area contributed by atoms with Gasteiger partial charge in [-0.05, 0) is 41.1 Å². The molecule has 3 aromatic rings. The lowest BCUT2D eigenvalue weighted by atomic mass is 10.1. The molecule has 0 bridgehead atoms. The summed E-state index contributed by atoms with van der Waals surface area (Å²) in [6, 6.07) is 18.4. The highest BCUT2D eigenvalue weighted by atomic mass is 35.5. The van der Waals surface area contributed by atoms with Gasteiger partial charge in [-0.25, -0.2) is 8.42 Å². The molecule has 0 saturated carbocycles. The van der Waals surface area contributed by atoms with Gasteiger partial charge in [0.25, 0.3) is 5.91 Å². The molecule has 0 saturated heterocycles. The molecular weight excluding hydrogens is 440 g/mol. The number of sulfonamides is 1. The Hall–Kier alpha value is -2.97. The van der Waals surface area contributed by atoms with Crippen LogP contribution in [0.4, 0.5) is 5.69 Å². The van der Waals surface area contributed by atoms with Crippen molar-refractivity contribution in [2.45, 2.75) is 6.10 Å². The number of carbonyl (C=O) groups is 1. The molecule has 4 rings (SSSR count). The van der Waals surface area contributed by atoms with Crippen molar-refractivity contribution in [1.82, 2.24) is 5.32 Å². The van der Waals surface area contributed by atoms with E-state index in [1.165, 1.54) is 6.07 Å². The third-order valence-corrected chi connectivity index (χ3v) is 6.26. The Morgan fingerprint density at radius 3 is 2.71 bits per heavy atom. The summed E-state index contributed by atoms with van der Waals surface area (Å²) < 4.78 is 37.0. The van der Waals surface area contributed by atoms with Gasteiger partial charge in [0.05, 0.1) is 25.0 Å². The van der Waals surface area contributed by atoms with E-state index in [0.29, 0.717) is 16.5 Å². The van der Waals surface area contributed by atoms with E-state index in [9.17, 15) is 13.2 Å². The normalized spacial score (nSPS) is 15.8. The number of fused-ring (bicyclic) bond motifs is 2. The average Bonchev–Trinajstić information content (AvgIpc) is 2.75. The standard InChI is InChI=1S/C22H21ClN2O5S/c1-31(27,28)25-14-21(30-20-9-7-17(23)13-19(20)25)22(26)24-10-11-29-18-8-6-15-4-2-3-5-16(15)12-18/h2-9,12-13,21H,10-11,14H2,1H3,(H,24,26)/t21-/m1/s1. The van der Waals surface area contributed by atoms with E-state index in [2.05, 4.69) is 5.32 Å². The van der Waals surface area contributed by atoms with Crippen LogP contribution in [0.2, 0.25) is 5.02 Å². The molecule has 1 N–H and O–H groups in total. The van der Waals surface area contributed by atoms with Crippen LogP contribution in [0.3, 0.4) is 0 Å². The predicted octanol–water partition coefficient (Wildman–Crippen LogP) is 3.22. The smallest absolute Gasteiger partial charge is 0.263 e. The monoisotopic (exact) mass is 460 g/mol. The van der Waals surface area contributed by atoms with E-state index < -0.39 is 22.0 Å². The maximum atomic E-state index is 12.6. The van der Waals surface area contributed by atoms with E-state index in [1.54, 1.807) is 12.1 Å². The maximum Gasteiger partial charge on any atom is 0.263 e. The molecule has 1 aliphatic rings. The van der Waals surface area contributed by atoms with E-state index >= 15 is 0 Å². The molecule has 31 heavy (non-hydrogen) atoms. The zero-order chi connectivity index (χ0) is 22.0. The summed E-state index contributed by atoms with van der Waals surface area (Å²) in [4.78, 5) is 12.6. The molecular formula is C22H21ClN2O5S. The van der Waals surface area contributed by atoms with Gasteiger partial charge in [0.2, 0.25) is 10.0 Å².